The summed E-state index contributed by atoms with van der Waals surface area (Å²) in [6, 6.07) is 6.69. The Labute approximate surface area is 97.9 Å². The molecule has 1 aromatic carbocycles. The van der Waals surface area contributed by atoms with E-state index in [1.54, 1.807) is 18.2 Å². The molecular formula is C12H12N2O3. The highest BCUT2D eigenvalue weighted by Gasteiger charge is 2.17. The minimum Gasteiger partial charge on any atom is -0.506 e. The van der Waals surface area contributed by atoms with Crippen molar-refractivity contribution >= 4 is 5.97 Å². The van der Waals surface area contributed by atoms with Gasteiger partial charge in [0.15, 0.2) is 0 Å². The van der Waals surface area contributed by atoms with E-state index in [1.807, 2.05) is 6.92 Å². The lowest BCUT2D eigenvalue weighted by molar-refractivity contribution is 0.0695. The van der Waals surface area contributed by atoms with Gasteiger partial charge < -0.3 is 10.2 Å². The molecule has 1 heterocycles. The van der Waals surface area contributed by atoms with E-state index >= 15 is 0 Å². The maximum atomic E-state index is 11.0. The van der Waals surface area contributed by atoms with Gasteiger partial charge in [0.2, 0.25) is 0 Å². The molecule has 0 radical (unpaired) electrons. The number of aromatic hydroxyl groups is 1. The van der Waals surface area contributed by atoms with Gasteiger partial charge in [0.1, 0.15) is 17.0 Å². The van der Waals surface area contributed by atoms with Crippen LogP contribution in [0, 0.1) is 0 Å². The number of aromatic carboxylic acids is 1. The number of phenolic OH excluding ortho intramolecular Hbond substituents is 1. The topological polar surface area (TPSA) is 75.3 Å². The molecule has 0 atom stereocenters. The van der Waals surface area contributed by atoms with Gasteiger partial charge in [0.25, 0.3) is 0 Å². The summed E-state index contributed by atoms with van der Waals surface area (Å²) in [4.78, 5) is 11.0. The molecule has 0 aliphatic heterocycles. The number of benzene rings is 1. The van der Waals surface area contributed by atoms with Crippen LogP contribution in [-0.2, 0) is 6.42 Å². The average Bonchev–Trinajstić information content (AvgIpc) is 2.73. The van der Waals surface area contributed by atoms with E-state index in [-0.39, 0.29) is 11.3 Å². The highest BCUT2D eigenvalue weighted by Crippen LogP contribution is 2.23. The Balaban J connectivity index is 2.61. The molecule has 0 amide bonds. The zero-order chi connectivity index (χ0) is 12.4. The van der Waals surface area contributed by atoms with Gasteiger partial charge in [-0.3, -0.25) is 0 Å². The molecule has 2 N–H and O–H groups in total. The number of para-hydroxylation sites is 2. The van der Waals surface area contributed by atoms with Crippen LogP contribution in [0.2, 0.25) is 0 Å². The molecule has 2 aromatic rings. The monoisotopic (exact) mass is 232 g/mol. The zero-order valence-corrected chi connectivity index (χ0v) is 9.29. The molecule has 0 saturated heterocycles. The van der Waals surface area contributed by atoms with Crippen LogP contribution in [0.5, 0.6) is 5.75 Å². The number of carboxylic acid groups (broad SMARTS) is 1. The summed E-state index contributed by atoms with van der Waals surface area (Å²) in [5.41, 5.74) is 1.21. The summed E-state index contributed by atoms with van der Waals surface area (Å²) in [5, 5.41) is 22.7. The Bertz CT molecular complexity index is 561. The van der Waals surface area contributed by atoms with Crippen molar-refractivity contribution in [1.82, 2.24) is 9.78 Å². The summed E-state index contributed by atoms with van der Waals surface area (Å²) < 4.78 is 1.46. The summed E-state index contributed by atoms with van der Waals surface area (Å²) in [7, 11) is 0. The second kappa shape index (κ2) is 4.29. The predicted octanol–water partition coefficient (Wildman–Crippen LogP) is 1.84. The molecule has 5 heteroatoms. The summed E-state index contributed by atoms with van der Waals surface area (Å²) in [5.74, 6) is -0.939. The molecule has 5 nitrogen and oxygen atoms in total. The predicted molar refractivity (Wildman–Crippen MR) is 61.6 cm³/mol. The van der Waals surface area contributed by atoms with Gasteiger partial charge in [0, 0.05) is 0 Å². The first-order valence-corrected chi connectivity index (χ1v) is 5.23. The van der Waals surface area contributed by atoms with Crippen molar-refractivity contribution < 1.29 is 15.0 Å². The van der Waals surface area contributed by atoms with Crippen LogP contribution in [0.25, 0.3) is 5.69 Å². The zero-order valence-electron chi connectivity index (χ0n) is 9.29. The Kier molecular flexibility index (Phi) is 2.82. The highest BCUT2D eigenvalue weighted by atomic mass is 16.4. The van der Waals surface area contributed by atoms with E-state index in [9.17, 15) is 9.90 Å². The van der Waals surface area contributed by atoms with Crippen LogP contribution in [0.4, 0.5) is 0 Å². The first-order chi connectivity index (χ1) is 8.15. The Morgan fingerprint density at radius 1 is 1.41 bits per heavy atom. The Hall–Kier alpha value is -2.30. The quantitative estimate of drug-likeness (QED) is 0.846. The lowest BCUT2D eigenvalue weighted by Gasteiger charge is -2.08. The first kappa shape index (κ1) is 11.2. The third kappa shape index (κ3) is 1.87. The largest absolute Gasteiger partial charge is 0.506 e. The van der Waals surface area contributed by atoms with Crippen molar-refractivity contribution in [3.8, 4) is 11.4 Å². The van der Waals surface area contributed by atoms with Crippen molar-refractivity contribution in [1.29, 1.82) is 0 Å². The second-order valence-electron chi connectivity index (χ2n) is 3.56. The number of hydrogen-bond donors (Lipinski definition) is 2. The van der Waals surface area contributed by atoms with Crippen LogP contribution in [0.15, 0.2) is 30.5 Å². The van der Waals surface area contributed by atoms with Crippen molar-refractivity contribution in [2.75, 3.05) is 0 Å². The van der Waals surface area contributed by atoms with Crippen molar-refractivity contribution in [3.05, 3.63) is 41.7 Å². The molecule has 0 aliphatic carbocycles. The normalized spacial score (nSPS) is 10.4. The van der Waals surface area contributed by atoms with E-state index < -0.39 is 5.97 Å². The van der Waals surface area contributed by atoms with Crippen LogP contribution < -0.4 is 0 Å². The first-order valence-electron chi connectivity index (χ1n) is 5.23. The van der Waals surface area contributed by atoms with Crippen LogP contribution in [0.1, 0.15) is 23.0 Å². The minimum absolute atomic E-state index is 0.0715. The fraction of sp³-hybridized carbons (Fsp3) is 0.167. The van der Waals surface area contributed by atoms with Gasteiger partial charge in [-0.15, -0.1) is 0 Å². The summed E-state index contributed by atoms with van der Waals surface area (Å²) in [6.45, 7) is 1.85. The molecule has 1 aromatic heterocycles. The van der Waals surface area contributed by atoms with Crippen LogP contribution in [0.3, 0.4) is 0 Å². The molecule has 0 spiro atoms. The van der Waals surface area contributed by atoms with E-state index in [4.69, 9.17) is 5.11 Å². The highest BCUT2D eigenvalue weighted by molar-refractivity contribution is 5.88. The molecule has 2 rings (SSSR count). The number of hydrogen-bond acceptors (Lipinski definition) is 3. The number of rotatable bonds is 3. The fourth-order valence-corrected chi connectivity index (χ4v) is 1.74. The molecule has 0 unspecified atom stereocenters. The SMILES string of the molecule is CCc1c(C(=O)O)cnn1-c1ccccc1O. The number of carbonyl (C=O) groups is 1. The van der Waals surface area contributed by atoms with Crippen LogP contribution in [-0.4, -0.2) is 26.0 Å². The standard InChI is InChI=1S/C12H12N2O3/c1-2-9-8(12(16)17)7-13-14(9)10-5-3-4-6-11(10)15/h3-7,15H,2H2,1H3,(H,16,17). The van der Waals surface area contributed by atoms with Gasteiger partial charge in [-0.2, -0.15) is 5.10 Å². The lowest BCUT2D eigenvalue weighted by Crippen LogP contribution is -2.05. The van der Waals surface area contributed by atoms with E-state index in [0.717, 1.165) is 0 Å². The molecule has 17 heavy (non-hydrogen) atoms. The van der Waals surface area contributed by atoms with Crippen molar-refractivity contribution in [3.63, 3.8) is 0 Å². The fourth-order valence-electron chi connectivity index (χ4n) is 1.74. The van der Waals surface area contributed by atoms with Gasteiger partial charge in [-0.25, -0.2) is 9.48 Å². The maximum Gasteiger partial charge on any atom is 0.339 e. The minimum atomic E-state index is -1.01. The number of carboxylic acids is 1. The Morgan fingerprint density at radius 3 is 2.71 bits per heavy atom. The van der Waals surface area contributed by atoms with Gasteiger partial charge >= 0.3 is 5.97 Å². The van der Waals surface area contributed by atoms with Crippen LogP contribution >= 0.6 is 0 Å². The smallest absolute Gasteiger partial charge is 0.339 e. The average molecular weight is 232 g/mol. The maximum absolute atomic E-state index is 11.0. The molecule has 0 aliphatic rings. The van der Waals surface area contributed by atoms with E-state index in [2.05, 4.69) is 5.10 Å². The molecule has 0 saturated carbocycles. The third-order valence-electron chi connectivity index (χ3n) is 2.54. The second-order valence-corrected chi connectivity index (χ2v) is 3.56. The molecule has 0 fully saturated rings. The third-order valence-corrected chi connectivity index (χ3v) is 2.54. The molecule has 0 bridgehead atoms. The number of nitrogens with zero attached hydrogens (tertiary/aromatic N) is 2. The summed E-state index contributed by atoms with van der Waals surface area (Å²) >= 11 is 0. The Morgan fingerprint density at radius 2 is 2.12 bits per heavy atom. The van der Waals surface area contributed by atoms with Gasteiger partial charge in [-0.1, -0.05) is 19.1 Å². The van der Waals surface area contributed by atoms with Gasteiger partial charge in [-0.05, 0) is 18.6 Å². The van der Waals surface area contributed by atoms with Crippen molar-refractivity contribution in [2.45, 2.75) is 13.3 Å². The van der Waals surface area contributed by atoms with Gasteiger partial charge in [0.05, 0.1) is 11.9 Å². The molecular weight excluding hydrogens is 220 g/mol. The van der Waals surface area contributed by atoms with E-state index in [0.29, 0.717) is 17.8 Å². The van der Waals surface area contributed by atoms with E-state index in [1.165, 1.54) is 16.9 Å². The molecule has 88 valence electrons. The number of phenols is 1. The van der Waals surface area contributed by atoms with Crippen molar-refractivity contribution in [2.24, 2.45) is 0 Å². The lowest BCUT2D eigenvalue weighted by atomic mass is 10.2. The summed E-state index contributed by atoms with van der Waals surface area (Å²) in [6.07, 6.45) is 1.82. The number of aromatic nitrogens is 2.